The topological polar surface area (TPSA) is 26.3 Å². The van der Waals surface area contributed by atoms with Crippen molar-refractivity contribution in [3.8, 4) is 5.75 Å². The van der Waals surface area contributed by atoms with Gasteiger partial charge in [0.25, 0.3) is 0 Å². The molecule has 1 unspecified atom stereocenters. The smallest absolute Gasteiger partial charge is 0.204 e. The minimum absolute atomic E-state index is 0.109. The highest BCUT2D eigenvalue weighted by Crippen LogP contribution is 2.35. The van der Waals surface area contributed by atoms with Crippen molar-refractivity contribution in [2.45, 2.75) is 11.0 Å². The van der Waals surface area contributed by atoms with E-state index in [0.29, 0.717) is 11.3 Å². The van der Waals surface area contributed by atoms with Gasteiger partial charge < -0.3 is 4.74 Å². The van der Waals surface area contributed by atoms with Crippen LogP contribution in [-0.4, -0.2) is 17.6 Å². The lowest BCUT2D eigenvalue weighted by atomic mass is 10.1. The molecule has 1 heterocycles. The number of halogens is 1. The van der Waals surface area contributed by atoms with Crippen LogP contribution in [0, 0.1) is 5.82 Å². The molecule has 2 aromatic carbocycles. The van der Waals surface area contributed by atoms with Gasteiger partial charge in [-0.25, -0.2) is 4.39 Å². The molecule has 0 N–H and O–H groups in total. The minimum Gasteiger partial charge on any atom is -0.480 e. The van der Waals surface area contributed by atoms with Gasteiger partial charge in [-0.2, -0.15) is 0 Å². The molecule has 0 radical (unpaired) electrons. The van der Waals surface area contributed by atoms with Crippen LogP contribution in [0.15, 0.2) is 53.4 Å². The highest BCUT2D eigenvalue weighted by atomic mass is 32.2. The predicted molar refractivity (Wildman–Crippen MR) is 72.3 cm³/mol. The van der Waals surface area contributed by atoms with Gasteiger partial charge in [0.2, 0.25) is 5.78 Å². The highest BCUT2D eigenvalue weighted by molar-refractivity contribution is 7.99. The first-order valence-corrected chi connectivity index (χ1v) is 6.91. The molecule has 0 spiro atoms. The van der Waals surface area contributed by atoms with Crippen molar-refractivity contribution in [2.24, 2.45) is 0 Å². The Bertz CT molecular complexity index is 610. The average molecular weight is 274 g/mol. The molecule has 2 nitrogen and oxygen atoms in total. The summed E-state index contributed by atoms with van der Waals surface area (Å²) >= 11 is 1.60. The number of fused-ring (bicyclic) bond motifs is 1. The fourth-order valence-electron chi connectivity index (χ4n) is 1.95. The van der Waals surface area contributed by atoms with E-state index in [1.165, 1.54) is 24.3 Å². The third-order valence-electron chi connectivity index (χ3n) is 2.93. The zero-order valence-electron chi connectivity index (χ0n) is 10.0. The van der Waals surface area contributed by atoms with Crippen LogP contribution in [0.3, 0.4) is 0 Å². The maximum Gasteiger partial charge on any atom is 0.204 e. The van der Waals surface area contributed by atoms with Crippen molar-refractivity contribution in [1.29, 1.82) is 0 Å². The van der Waals surface area contributed by atoms with Crippen LogP contribution in [0.2, 0.25) is 0 Å². The van der Waals surface area contributed by atoms with Gasteiger partial charge in [-0.05, 0) is 36.4 Å². The van der Waals surface area contributed by atoms with Gasteiger partial charge in [0.05, 0.1) is 0 Å². The molecule has 96 valence electrons. The Hall–Kier alpha value is -1.81. The average Bonchev–Trinajstić information content (AvgIpc) is 2.47. The van der Waals surface area contributed by atoms with E-state index in [-0.39, 0.29) is 11.6 Å². The zero-order chi connectivity index (χ0) is 13.2. The third-order valence-corrected chi connectivity index (χ3v) is 4.05. The number of hydrogen-bond acceptors (Lipinski definition) is 3. The first-order valence-electron chi connectivity index (χ1n) is 5.92. The fourth-order valence-corrected chi connectivity index (χ4v) is 2.93. The standard InChI is InChI=1S/C15H11FO2S/c16-11-7-5-10(6-8-11)15(17)13-9-19-14-4-2-1-3-12(14)18-13/h1-8,13H,9H2. The second kappa shape index (κ2) is 5.05. The molecule has 4 heteroatoms. The second-order valence-corrected chi connectivity index (χ2v) is 5.30. The molecule has 0 saturated carbocycles. The molecule has 0 fully saturated rings. The van der Waals surface area contributed by atoms with E-state index in [9.17, 15) is 9.18 Å². The molecule has 0 saturated heterocycles. The van der Waals surface area contributed by atoms with Crippen LogP contribution in [0.25, 0.3) is 0 Å². The quantitative estimate of drug-likeness (QED) is 0.783. The number of carbonyl (C=O) groups is 1. The van der Waals surface area contributed by atoms with E-state index in [0.717, 1.165) is 10.6 Å². The van der Waals surface area contributed by atoms with Gasteiger partial charge in [-0.3, -0.25) is 4.79 Å². The van der Waals surface area contributed by atoms with Crippen LogP contribution in [0.4, 0.5) is 4.39 Å². The normalized spacial score (nSPS) is 17.4. The van der Waals surface area contributed by atoms with Crippen LogP contribution in [-0.2, 0) is 0 Å². The molecule has 19 heavy (non-hydrogen) atoms. The van der Waals surface area contributed by atoms with Crippen molar-refractivity contribution in [1.82, 2.24) is 0 Å². The molecular formula is C15H11FO2S. The summed E-state index contributed by atoms with van der Waals surface area (Å²) < 4.78 is 18.6. The monoisotopic (exact) mass is 274 g/mol. The highest BCUT2D eigenvalue weighted by Gasteiger charge is 2.27. The first-order chi connectivity index (χ1) is 9.24. The summed E-state index contributed by atoms with van der Waals surface area (Å²) in [5.41, 5.74) is 0.478. The van der Waals surface area contributed by atoms with E-state index in [4.69, 9.17) is 4.74 Å². The number of ketones is 1. The van der Waals surface area contributed by atoms with Crippen molar-refractivity contribution in [2.75, 3.05) is 5.75 Å². The van der Waals surface area contributed by atoms with Crippen molar-refractivity contribution in [3.63, 3.8) is 0 Å². The molecule has 0 aliphatic carbocycles. The van der Waals surface area contributed by atoms with Gasteiger partial charge in [0.15, 0.2) is 6.10 Å². The van der Waals surface area contributed by atoms with Crippen LogP contribution < -0.4 is 4.74 Å². The molecule has 1 atom stereocenters. The maximum absolute atomic E-state index is 12.8. The summed E-state index contributed by atoms with van der Waals surface area (Å²) in [5.74, 6) is 0.856. The predicted octanol–water partition coefficient (Wildman–Crippen LogP) is 3.56. The Balaban J connectivity index is 1.81. The number of rotatable bonds is 2. The summed E-state index contributed by atoms with van der Waals surface area (Å²) in [6.45, 7) is 0. The van der Waals surface area contributed by atoms with Crippen molar-refractivity contribution < 1.29 is 13.9 Å². The zero-order valence-corrected chi connectivity index (χ0v) is 10.8. The van der Waals surface area contributed by atoms with Gasteiger partial charge in [0, 0.05) is 16.2 Å². The lowest BCUT2D eigenvalue weighted by Crippen LogP contribution is -2.32. The van der Waals surface area contributed by atoms with Crippen LogP contribution in [0.1, 0.15) is 10.4 Å². The SMILES string of the molecule is O=C(c1ccc(F)cc1)C1CSc2ccccc2O1. The summed E-state index contributed by atoms with van der Waals surface area (Å²) in [4.78, 5) is 13.3. The lowest BCUT2D eigenvalue weighted by Gasteiger charge is -2.24. The molecule has 0 amide bonds. The Morgan fingerprint density at radius 2 is 1.89 bits per heavy atom. The largest absolute Gasteiger partial charge is 0.480 e. The van der Waals surface area contributed by atoms with E-state index < -0.39 is 6.10 Å². The third kappa shape index (κ3) is 2.49. The summed E-state index contributed by atoms with van der Waals surface area (Å²) in [7, 11) is 0. The number of carbonyl (C=O) groups excluding carboxylic acids is 1. The molecule has 2 aromatic rings. The minimum atomic E-state index is -0.509. The van der Waals surface area contributed by atoms with Crippen molar-refractivity contribution in [3.05, 3.63) is 59.9 Å². The number of hydrogen-bond donors (Lipinski definition) is 0. The number of para-hydroxylation sites is 1. The molecule has 0 bridgehead atoms. The molecule has 0 aromatic heterocycles. The second-order valence-electron chi connectivity index (χ2n) is 4.24. The number of ether oxygens (including phenoxy) is 1. The van der Waals surface area contributed by atoms with Crippen LogP contribution >= 0.6 is 11.8 Å². The summed E-state index contributed by atoms with van der Waals surface area (Å²) in [6, 6.07) is 13.2. The number of thioether (sulfide) groups is 1. The van der Waals surface area contributed by atoms with Gasteiger partial charge in [0.1, 0.15) is 11.6 Å². The summed E-state index contributed by atoms with van der Waals surface area (Å²) in [6.07, 6.45) is -0.509. The maximum atomic E-state index is 12.8. The summed E-state index contributed by atoms with van der Waals surface area (Å²) in [5, 5.41) is 0. The Labute approximate surface area is 114 Å². The van der Waals surface area contributed by atoms with Gasteiger partial charge in [-0.15, -0.1) is 11.8 Å². The molecule has 3 rings (SSSR count). The molecular weight excluding hydrogens is 263 g/mol. The first kappa shape index (κ1) is 12.2. The Morgan fingerprint density at radius 3 is 2.68 bits per heavy atom. The Kier molecular flexibility index (Phi) is 3.25. The molecule has 1 aliphatic rings. The lowest BCUT2D eigenvalue weighted by molar-refractivity contribution is 0.0815. The Morgan fingerprint density at radius 1 is 1.16 bits per heavy atom. The van der Waals surface area contributed by atoms with Crippen LogP contribution in [0.5, 0.6) is 5.75 Å². The van der Waals surface area contributed by atoms with E-state index in [2.05, 4.69) is 0 Å². The van der Waals surface area contributed by atoms with Gasteiger partial charge in [-0.1, -0.05) is 12.1 Å². The van der Waals surface area contributed by atoms with Gasteiger partial charge >= 0.3 is 0 Å². The number of Topliss-reactive ketones (excluding diaryl/α,β-unsaturated/α-hetero) is 1. The molecule has 1 aliphatic heterocycles. The van der Waals surface area contributed by atoms with E-state index in [1.54, 1.807) is 11.8 Å². The van der Waals surface area contributed by atoms with E-state index in [1.807, 2.05) is 24.3 Å². The van der Waals surface area contributed by atoms with E-state index >= 15 is 0 Å². The van der Waals surface area contributed by atoms with Crippen molar-refractivity contribution >= 4 is 17.5 Å². The number of benzene rings is 2. The fraction of sp³-hybridized carbons (Fsp3) is 0.133.